The van der Waals surface area contributed by atoms with Crippen molar-refractivity contribution in [1.82, 2.24) is 5.32 Å². The Balaban J connectivity index is 1.85. The van der Waals surface area contributed by atoms with Crippen LogP contribution in [0.3, 0.4) is 0 Å². The summed E-state index contributed by atoms with van der Waals surface area (Å²) in [6.45, 7) is 3.27. The van der Waals surface area contributed by atoms with Gasteiger partial charge in [0.25, 0.3) is 5.91 Å². The van der Waals surface area contributed by atoms with Gasteiger partial charge in [0.15, 0.2) is 6.10 Å². The molecule has 0 saturated carbocycles. The predicted molar refractivity (Wildman–Crippen MR) is 91.8 cm³/mol. The van der Waals surface area contributed by atoms with E-state index in [1.807, 2.05) is 30.3 Å². The number of carbonyl (C=O) groups excluding carboxylic acids is 3. The molecule has 0 spiro atoms. The van der Waals surface area contributed by atoms with Crippen LogP contribution in [0, 0.1) is 0 Å². The van der Waals surface area contributed by atoms with Gasteiger partial charge in [-0.05, 0) is 24.6 Å². The molecule has 0 saturated heterocycles. The van der Waals surface area contributed by atoms with Crippen LogP contribution in [0.2, 0.25) is 0 Å². The minimum absolute atomic E-state index is 0.217. The first-order chi connectivity index (χ1) is 11.5. The summed E-state index contributed by atoms with van der Waals surface area (Å²) in [5.74, 6) is -1.18. The zero-order chi connectivity index (χ0) is 17.5. The smallest absolute Gasteiger partial charge is 0.349 e. The lowest BCUT2D eigenvalue weighted by atomic mass is 10.2. The number of benzene rings is 1. The van der Waals surface area contributed by atoms with E-state index in [4.69, 9.17) is 4.74 Å². The average molecular weight is 346 g/mol. The number of hydrogen-bond acceptors (Lipinski definition) is 5. The minimum atomic E-state index is -0.910. The molecule has 6 nitrogen and oxygen atoms in total. The number of hydrogen-bond donors (Lipinski definition) is 2. The third-order valence-corrected chi connectivity index (χ3v) is 4.05. The number of thiophene rings is 1. The number of carbonyl (C=O) groups is 3. The molecule has 1 heterocycles. The maximum absolute atomic E-state index is 12.0. The van der Waals surface area contributed by atoms with Gasteiger partial charge in [0.1, 0.15) is 4.88 Å². The molecule has 2 rings (SSSR count). The van der Waals surface area contributed by atoms with Crippen LogP contribution < -0.4 is 10.6 Å². The highest BCUT2D eigenvalue weighted by Crippen LogP contribution is 2.22. The monoisotopic (exact) mass is 346 g/mol. The van der Waals surface area contributed by atoms with Crippen molar-refractivity contribution < 1.29 is 19.1 Å². The van der Waals surface area contributed by atoms with Crippen LogP contribution in [-0.2, 0) is 20.9 Å². The van der Waals surface area contributed by atoms with Crippen molar-refractivity contribution in [2.24, 2.45) is 0 Å². The predicted octanol–water partition coefficient (Wildman–Crippen LogP) is 2.57. The van der Waals surface area contributed by atoms with Crippen molar-refractivity contribution in [1.29, 1.82) is 0 Å². The Bertz CT molecular complexity index is 727. The summed E-state index contributed by atoms with van der Waals surface area (Å²) in [6, 6.07) is 12.6. The van der Waals surface area contributed by atoms with E-state index >= 15 is 0 Å². The van der Waals surface area contributed by atoms with E-state index in [1.54, 1.807) is 12.1 Å². The molecule has 0 aliphatic rings. The molecule has 1 aromatic carbocycles. The Morgan fingerprint density at radius 1 is 1.12 bits per heavy atom. The van der Waals surface area contributed by atoms with E-state index in [0.29, 0.717) is 16.4 Å². The Kier molecular flexibility index (Phi) is 6.08. The zero-order valence-corrected chi connectivity index (χ0v) is 14.2. The summed E-state index contributed by atoms with van der Waals surface area (Å²) < 4.78 is 5.15. The van der Waals surface area contributed by atoms with Gasteiger partial charge in [-0.1, -0.05) is 30.3 Å². The molecule has 24 heavy (non-hydrogen) atoms. The van der Waals surface area contributed by atoms with Crippen LogP contribution in [0.15, 0.2) is 42.5 Å². The number of ether oxygens (including phenoxy) is 1. The summed E-state index contributed by atoms with van der Waals surface area (Å²) in [6.07, 6.45) is -0.910. The molecule has 2 amide bonds. The van der Waals surface area contributed by atoms with Crippen LogP contribution in [0.25, 0.3) is 0 Å². The largest absolute Gasteiger partial charge is 0.448 e. The normalized spacial score (nSPS) is 11.4. The Morgan fingerprint density at radius 2 is 1.83 bits per heavy atom. The molecule has 0 bridgehead atoms. The van der Waals surface area contributed by atoms with Crippen molar-refractivity contribution in [2.75, 3.05) is 5.32 Å². The van der Waals surface area contributed by atoms with Gasteiger partial charge in [-0.2, -0.15) is 0 Å². The zero-order valence-electron chi connectivity index (χ0n) is 13.4. The van der Waals surface area contributed by atoms with E-state index in [1.165, 1.54) is 13.8 Å². The van der Waals surface area contributed by atoms with E-state index in [9.17, 15) is 14.4 Å². The first-order valence-electron chi connectivity index (χ1n) is 7.35. The summed E-state index contributed by atoms with van der Waals surface area (Å²) in [5.41, 5.74) is 0.961. The number of nitrogens with one attached hydrogen (secondary N) is 2. The molecule has 1 aromatic heterocycles. The SMILES string of the molecule is CC(=O)Nc1ccc(C(=O)O[C@H](C)C(=O)NCc2ccccc2)s1. The fourth-order valence-corrected chi connectivity index (χ4v) is 2.72. The van der Waals surface area contributed by atoms with E-state index in [-0.39, 0.29) is 11.8 Å². The molecule has 0 unspecified atom stereocenters. The molecule has 126 valence electrons. The molecule has 7 heteroatoms. The molecule has 0 radical (unpaired) electrons. The summed E-state index contributed by atoms with van der Waals surface area (Å²) in [5, 5.41) is 5.86. The highest BCUT2D eigenvalue weighted by Gasteiger charge is 2.20. The first kappa shape index (κ1) is 17.7. The third-order valence-electron chi connectivity index (χ3n) is 3.07. The Morgan fingerprint density at radius 3 is 2.50 bits per heavy atom. The second-order valence-electron chi connectivity index (χ2n) is 5.10. The first-order valence-corrected chi connectivity index (χ1v) is 8.17. The van der Waals surface area contributed by atoms with Gasteiger partial charge >= 0.3 is 5.97 Å². The van der Waals surface area contributed by atoms with Gasteiger partial charge in [-0.15, -0.1) is 11.3 Å². The van der Waals surface area contributed by atoms with Crippen molar-refractivity contribution in [3.05, 3.63) is 52.9 Å². The summed E-state index contributed by atoms with van der Waals surface area (Å²) in [4.78, 5) is 35.3. The van der Waals surface area contributed by atoms with Gasteiger partial charge in [0.2, 0.25) is 5.91 Å². The number of anilines is 1. The number of rotatable bonds is 6. The fraction of sp³-hybridized carbons (Fsp3) is 0.235. The van der Waals surface area contributed by atoms with Crippen molar-refractivity contribution in [2.45, 2.75) is 26.5 Å². The van der Waals surface area contributed by atoms with Crippen LogP contribution in [0.4, 0.5) is 5.00 Å². The molecular weight excluding hydrogens is 328 g/mol. The second kappa shape index (κ2) is 8.26. The molecule has 0 aliphatic carbocycles. The van der Waals surface area contributed by atoms with Crippen LogP contribution in [0.5, 0.6) is 0 Å². The van der Waals surface area contributed by atoms with Crippen LogP contribution in [0.1, 0.15) is 29.1 Å². The van der Waals surface area contributed by atoms with Crippen LogP contribution in [-0.4, -0.2) is 23.9 Å². The van der Waals surface area contributed by atoms with Crippen molar-refractivity contribution in [3.8, 4) is 0 Å². The van der Waals surface area contributed by atoms with Gasteiger partial charge in [0, 0.05) is 13.5 Å². The number of amides is 2. The summed E-state index contributed by atoms with van der Waals surface area (Å²) >= 11 is 1.10. The quantitative estimate of drug-likeness (QED) is 0.787. The topological polar surface area (TPSA) is 84.5 Å². The lowest BCUT2D eigenvalue weighted by Crippen LogP contribution is -2.35. The fourth-order valence-electron chi connectivity index (χ4n) is 1.89. The highest BCUT2D eigenvalue weighted by molar-refractivity contribution is 7.18. The second-order valence-corrected chi connectivity index (χ2v) is 6.18. The highest BCUT2D eigenvalue weighted by atomic mass is 32.1. The standard InChI is InChI=1S/C17H18N2O4S/c1-11(16(21)18-10-13-6-4-3-5-7-13)23-17(22)14-8-9-15(24-14)19-12(2)20/h3-9,11H,10H2,1-2H3,(H,18,21)(H,19,20)/t11-/m1/s1. The van der Waals surface area contributed by atoms with Crippen LogP contribution >= 0.6 is 11.3 Å². The molecule has 0 fully saturated rings. The van der Waals surface area contributed by atoms with E-state index in [0.717, 1.165) is 16.9 Å². The van der Waals surface area contributed by atoms with Gasteiger partial charge in [-0.25, -0.2) is 4.79 Å². The molecule has 2 N–H and O–H groups in total. The van der Waals surface area contributed by atoms with Crippen molar-refractivity contribution in [3.63, 3.8) is 0 Å². The average Bonchev–Trinajstić information content (AvgIpc) is 3.01. The van der Waals surface area contributed by atoms with E-state index < -0.39 is 12.1 Å². The van der Waals surface area contributed by atoms with Crippen molar-refractivity contribution >= 4 is 34.1 Å². The molecular formula is C17H18N2O4S. The van der Waals surface area contributed by atoms with Gasteiger partial charge < -0.3 is 15.4 Å². The lowest BCUT2D eigenvalue weighted by Gasteiger charge is -2.13. The summed E-state index contributed by atoms with van der Waals surface area (Å²) in [7, 11) is 0. The number of esters is 1. The Labute approximate surface area is 143 Å². The lowest BCUT2D eigenvalue weighted by molar-refractivity contribution is -0.129. The maximum atomic E-state index is 12.0. The molecule has 0 aliphatic heterocycles. The molecule has 1 atom stereocenters. The van der Waals surface area contributed by atoms with Gasteiger partial charge in [0.05, 0.1) is 5.00 Å². The third kappa shape index (κ3) is 5.20. The minimum Gasteiger partial charge on any atom is -0.448 e. The van der Waals surface area contributed by atoms with Gasteiger partial charge in [-0.3, -0.25) is 9.59 Å². The molecule has 2 aromatic rings. The maximum Gasteiger partial charge on any atom is 0.349 e. The van der Waals surface area contributed by atoms with E-state index in [2.05, 4.69) is 10.6 Å². The Hall–Kier alpha value is -2.67.